The fourth-order valence-corrected chi connectivity index (χ4v) is 3.06. The third kappa shape index (κ3) is 6.49. The molecule has 4 nitrogen and oxygen atoms in total. The number of nitrogens with zero attached hydrogens (tertiary/aromatic N) is 1. The summed E-state index contributed by atoms with van der Waals surface area (Å²) in [5, 5.41) is 11.9. The Hall–Kier alpha value is -1.59. The van der Waals surface area contributed by atoms with Gasteiger partial charge in [0, 0.05) is 10.8 Å². The number of hydrogen-bond donors (Lipinski definition) is 2. The quantitative estimate of drug-likeness (QED) is 0.631. The molecule has 0 radical (unpaired) electrons. The molecule has 1 amide bonds. The van der Waals surface area contributed by atoms with Crippen molar-refractivity contribution in [3.8, 4) is 11.8 Å². The minimum Gasteiger partial charge on any atom is -0.481 e. The van der Waals surface area contributed by atoms with Crippen molar-refractivity contribution in [1.29, 1.82) is 5.26 Å². The maximum Gasteiger partial charge on any atom is 0.425 e. The van der Waals surface area contributed by atoms with Gasteiger partial charge in [-0.25, -0.2) is 0 Å². The molecule has 0 aromatic heterocycles. The minimum absolute atomic E-state index is 0.0719. The van der Waals surface area contributed by atoms with E-state index >= 15 is 0 Å². The van der Waals surface area contributed by atoms with Gasteiger partial charge in [0.05, 0.1) is 11.1 Å². The Morgan fingerprint density at radius 1 is 1.39 bits per heavy atom. The summed E-state index contributed by atoms with van der Waals surface area (Å²) in [7, 11) is 0. The molecule has 9 heteroatoms. The summed E-state index contributed by atoms with van der Waals surface area (Å²) in [6.07, 6.45) is -0.231. The molecular weight excluding hydrogens is 413 g/mol. The van der Waals surface area contributed by atoms with Gasteiger partial charge >= 0.3 is 6.18 Å². The standard InChI is InChI=1S/C10H14N2O.C9H8ClF3OS/c11-7-10(5-6-10)12-9(13)8-3-1-2-4-8;1-5(9(11,12)13)14-6-2-3-8(15)7(10)4-6/h8H,1-6H2,(H,12,13);2-5,15H,1H3. The van der Waals surface area contributed by atoms with E-state index in [9.17, 15) is 18.0 Å². The molecule has 1 aromatic carbocycles. The zero-order valence-electron chi connectivity index (χ0n) is 15.4. The second-order valence-electron chi connectivity index (χ2n) is 7.08. The van der Waals surface area contributed by atoms with Crippen LogP contribution >= 0.6 is 24.2 Å². The van der Waals surface area contributed by atoms with E-state index in [0.29, 0.717) is 4.90 Å². The molecule has 0 bridgehead atoms. The second kappa shape index (κ2) is 9.27. The highest BCUT2D eigenvalue weighted by Crippen LogP contribution is 2.36. The zero-order valence-corrected chi connectivity index (χ0v) is 17.0. The number of amides is 1. The summed E-state index contributed by atoms with van der Waals surface area (Å²) in [6, 6.07) is 6.33. The number of rotatable bonds is 4. The van der Waals surface area contributed by atoms with Gasteiger partial charge in [-0.15, -0.1) is 12.6 Å². The van der Waals surface area contributed by atoms with Gasteiger partial charge in [-0.05, 0) is 50.8 Å². The summed E-state index contributed by atoms with van der Waals surface area (Å²) < 4.78 is 41.1. The molecule has 28 heavy (non-hydrogen) atoms. The first-order valence-corrected chi connectivity index (χ1v) is 9.84. The molecule has 1 aromatic rings. The summed E-state index contributed by atoms with van der Waals surface area (Å²) in [5.74, 6) is 0.366. The fraction of sp³-hybridized carbons (Fsp3) is 0.579. The van der Waals surface area contributed by atoms with Gasteiger partial charge in [-0.1, -0.05) is 24.4 Å². The molecule has 1 N–H and O–H groups in total. The molecule has 0 aliphatic heterocycles. The average Bonchev–Trinajstić information content (AvgIpc) is 3.17. The molecule has 2 fully saturated rings. The number of ether oxygens (including phenoxy) is 1. The number of nitriles is 1. The van der Waals surface area contributed by atoms with Gasteiger partial charge in [0.2, 0.25) is 5.91 Å². The van der Waals surface area contributed by atoms with Crippen LogP contribution in [0.4, 0.5) is 13.2 Å². The first-order chi connectivity index (χ1) is 13.1. The van der Waals surface area contributed by atoms with E-state index in [1.165, 1.54) is 18.2 Å². The van der Waals surface area contributed by atoms with Crippen LogP contribution in [0.3, 0.4) is 0 Å². The summed E-state index contributed by atoms with van der Waals surface area (Å²) in [6.45, 7) is 0.933. The van der Waals surface area contributed by atoms with E-state index in [4.69, 9.17) is 16.9 Å². The second-order valence-corrected chi connectivity index (χ2v) is 7.97. The Balaban J connectivity index is 0.000000202. The smallest absolute Gasteiger partial charge is 0.425 e. The molecular formula is C19H22ClF3N2O2S. The molecule has 3 rings (SSSR count). The maximum absolute atomic E-state index is 12.1. The van der Waals surface area contributed by atoms with Crippen LogP contribution in [0.25, 0.3) is 0 Å². The van der Waals surface area contributed by atoms with Gasteiger partial charge in [-0.2, -0.15) is 18.4 Å². The van der Waals surface area contributed by atoms with Crippen LogP contribution in [0.5, 0.6) is 5.75 Å². The van der Waals surface area contributed by atoms with Gasteiger partial charge in [0.15, 0.2) is 6.10 Å². The van der Waals surface area contributed by atoms with Crippen molar-refractivity contribution in [3.63, 3.8) is 0 Å². The van der Waals surface area contributed by atoms with Crippen molar-refractivity contribution in [1.82, 2.24) is 5.32 Å². The van der Waals surface area contributed by atoms with E-state index in [0.717, 1.165) is 45.4 Å². The van der Waals surface area contributed by atoms with E-state index in [1.807, 2.05) is 0 Å². The number of halogens is 4. The van der Waals surface area contributed by atoms with Crippen LogP contribution in [0.15, 0.2) is 23.1 Å². The summed E-state index contributed by atoms with van der Waals surface area (Å²) >= 11 is 9.66. The van der Waals surface area contributed by atoms with Gasteiger partial charge in [-0.3, -0.25) is 4.79 Å². The van der Waals surface area contributed by atoms with Gasteiger partial charge < -0.3 is 10.1 Å². The van der Waals surface area contributed by atoms with Crippen LogP contribution in [0.2, 0.25) is 5.02 Å². The number of carbonyl (C=O) groups excluding carboxylic acids is 1. The number of carbonyl (C=O) groups is 1. The molecule has 0 saturated heterocycles. The predicted octanol–water partition coefficient (Wildman–Crippen LogP) is 5.31. The number of thiol groups is 1. The predicted molar refractivity (Wildman–Crippen MR) is 103 cm³/mol. The topological polar surface area (TPSA) is 62.1 Å². The van der Waals surface area contributed by atoms with E-state index < -0.39 is 17.8 Å². The molecule has 154 valence electrons. The van der Waals surface area contributed by atoms with Crippen LogP contribution in [-0.4, -0.2) is 23.7 Å². The van der Waals surface area contributed by atoms with E-state index in [-0.39, 0.29) is 22.6 Å². The van der Waals surface area contributed by atoms with Crippen molar-refractivity contribution in [2.75, 3.05) is 0 Å². The fourth-order valence-electron chi connectivity index (χ4n) is 2.75. The monoisotopic (exact) mass is 434 g/mol. The first-order valence-electron chi connectivity index (χ1n) is 9.01. The minimum atomic E-state index is -4.38. The third-order valence-electron chi connectivity index (χ3n) is 4.75. The number of benzene rings is 1. The Morgan fingerprint density at radius 2 is 2.00 bits per heavy atom. The van der Waals surface area contributed by atoms with Crippen molar-refractivity contribution in [2.24, 2.45) is 5.92 Å². The van der Waals surface area contributed by atoms with Crippen molar-refractivity contribution in [3.05, 3.63) is 23.2 Å². The lowest BCUT2D eigenvalue weighted by molar-refractivity contribution is -0.189. The molecule has 0 heterocycles. The van der Waals surface area contributed by atoms with Crippen LogP contribution in [0, 0.1) is 17.2 Å². The van der Waals surface area contributed by atoms with Crippen LogP contribution < -0.4 is 10.1 Å². The number of alkyl halides is 3. The highest BCUT2D eigenvalue weighted by Gasteiger charge is 2.45. The lowest BCUT2D eigenvalue weighted by Gasteiger charge is -2.17. The molecule has 2 aliphatic rings. The number of hydrogen-bond acceptors (Lipinski definition) is 4. The zero-order chi connectivity index (χ0) is 20.9. The van der Waals surface area contributed by atoms with E-state index in [1.54, 1.807) is 0 Å². The van der Waals surface area contributed by atoms with Crippen LogP contribution in [-0.2, 0) is 4.79 Å². The van der Waals surface area contributed by atoms with Crippen molar-refractivity contribution < 1.29 is 22.7 Å². The SMILES string of the molecule is CC(Oc1ccc(S)c(Cl)c1)C(F)(F)F.N#CC1(NC(=O)C2CCCC2)CC1. The lowest BCUT2D eigenvalue weighted by Crippen LogP contribution is -2.39. The Kier molecular flexibility index (Phi) is 7.52. The summed E-state index contributed by atoms with van der Waals surface area (Å²) in [5.41, 5.74) is -0.473. The molecule has 1 atom stereocenters. The normalized spacial score (nSPS) is 19.0. The summed E-state index contributed by atoms with van der Waals surface area (Å²) in [4.78, 5) is 12.1. The highest BCUT2D eigenvalue weighted by atomic mass is 35.5. The molecule has 0 spiro atoms. The van der Waals surface area contributed by atoms with E-state index in [2.05, 4.69) is 28.8 Å². The van der Waals surface area contributed by atoms with Gasteiger partial charge in [0.1, 0.15) is 11.3 Å². The first kappa shape index (κ1) is 22.7. The molecule has 2 aliphatic carbocycles. The maximum atomic E-state index is 12.1. The average molecular weight is 435 g/mol. The Morgan fingerprint density at radius 3 is 2.46 bits per heavy atom. The lowest BCUT2D eigenvalue weighted by atomic mass is 10.1. The Labute approximate surface area is 172 Å². The Bertz CT molecular complexity index is 742. The number of nitrogens with one attached hydrogen (secondary N) is 1. The molecule has 2 saturated carbocycles. The van der Waals surface area contributed by atoms with Crippen molar-refractivity contribution in [2.45, 2.75) is 68.2 Å². The van der Waals surface area contributed by atoms with Crippen molar-refractivity contribution >= 4 is 30.1 Å². The highest BCUT2D eigenvalue weighted by molar-refractivity contribution is 7.80. The van der Waals surface area contributed by atoms with Crippen LogP contribution in [0.1, 0.15) is 45.4 Å². The molecule has 1 unspecified atom stereocenters. The van der Waals surface area contributed by atoms with Gasteiger partial charge in [0.25, 0.3) is 0 Å². The third-order valence-corrected chi connectivity index (χ3v) is 5.58. The largest absolute Gasteiger partial charge is 0.481 e.